The first kappa shape index (κ1) is 17.2. The number of fused-ring (bicyclic) bond motifs is 1. The van der Waals surface area contributed by atoms with Crippen LogP contribution in [-0.2, 0) is 0 Å². The molecule has 130 valence electrons. The molecule has 1 aromatic heterocycles. The predicted octanol–water partition coefficient (Wildman–Crippen LogP) is 3.58. The average Bonchev–Trinajstić information content (AvgIpc) is 3.05. The largest absolute Gasteiger partial charge is 0.382 e. The van der Waals surface area contributed by atoms with Crippen molar-refractivity contribution in [1.82, 2.24) is 9.97 Å². The summed E-state index contributed by atoms with van der Waals surface area (Å²) in [5, 5.41) is 19.9. The Bertz CT molecular complexity index is 1020. The van der Waals surface area contributed by atoms with Crippen molar-refractivity contribution in [3.8, 4) is 17.5 Å². The lowest BCUT2D eigenvalue weighted by Crippen LogP contribution is -2.21. The first-order chi connectivity index (χ1) is 12.5. The van der Waals surface area contributed by atoms with Crippen LogP contribution in [0.3, 0.4) is 0 Å². The zero-order chi connectivity index (χ0) is 18.7. The molecule has 0 saturated heterocycles. The Balaban J connectivity index is 1.83. The molecule has 3 aromatic rings. The molecule has 0 aliphatic carbocycles. The number of rotatable bonds is 5. The van der Waals surface area contributed by atoms with E-state index in [2.05, 4.69) is 46.5 Å². The van der Waals surface area contributed by atoms with Gasteiger partial charge in [-0.15, -0.1) is 0 Å². The molecule has 2 aromatic carbocycles. The second kappa shape index (κ2) is 7.07. The maximum Gasteiger partial charge on any atom is 0.201 e. The van der Waals surface area contributed by atoms with Crippen molar-refractivity contribution in [2.24, 2.45) is 10.8 Å². The van der Waals surface area contributed by atoms with Gasteiger partial charge >= 0.3 is 0 Å². The number of nitrogens with one attached hydrogen (secondary N) is 3. The number of benzene rings is 2. The summed E-state index contributed by atoms with van der Waals surface area (Å²) in [5.41, 5.74) is 12.6. The van der Waals surface area contributed by atoms with Crippen LogP contribution < -0.4 is 11.2 Å². The molecular weight excluding hydrogens is 326 g/mol. The topological polar surface area (TPSA) is 127 Å². The molecule has 0 amide bonds. The molecular formula is C19H19N7. The zero-order valence-corrected chi connectivity index (χ0v) is 14.5. The number of nitrogens with zero attached hydrogens (tertiary/aromatic N) is 3. The van der Waals surface area contributed by atoms with Crippen LogP contribution in [0.4, 0.5) is 5.69 Å². The van der Waals surface area contributed by atoms with Crippen molar-refractivity contribution >= 4 is 28.3 Å². The Morgan fingerprint density at radius 3 is 2.62 bits per heavy atom. The lowest BCUT2D eigenvalue weighted by molar-refractivity contribution is 0.868. The Morgan fingerprint density at radius 2 is 2.00 bits per heavy atom. The fourth-order valence-electron chi connectivity index (χ4n) is 2.49. The predicted molar refractivity (Wildman–Crippen MR) is 104 cm³/mol. The Hall–Kier alpha value is -3.66. The van der Waals surface area contributed by atoms with Gasteiger partial charge in [-0.1, -0.05) is 19.9 Å². The molecule has 0 radical (unpaired) electrons. The van der Waals surface area contributed by atoms with E-state index < -0.39 is 0 Å². The molecule has 7 nitrogen and oxygen atoms in total. The summed E-state index contributed by atoms with van der Waals surface area (Å²) in [7, 11) is 0. The molecule has 0 unspecified atom stereocenters. The van der Waals surface area contributed by atoms with Crippen molar-refractivity contribution in [2.45, 2.75) is 19.8 Å². The lowest BCUT2D eigenvalue weighted by Gasteiger charge is -2.03. The first-order valence-corrected chi connectivity index (χ1v) is 8.16. The summed E-state index contributed by atoms with van der Waals surface area (Å²) in [5.74, 6) is 0.877. The van der Waals surface area contributed by atoms with E-state index in [0.717, 1.165) is 22.4 Å². The maximum absolute atomic E-state index is 8.84. The van der Waals surface area contributed by atoms with Crippen LogP contribution in [0.25, 0.3) is 22.4 Å². The summed E-state index contributed by atoms with van der Waals surface area (Å²) in [6, 6.07) is 15.5. The number of aromatic amines is 1. The van der Waals surface area contributed by atoms with E-state index >= 15 is 0 Å². The summed E-state index contributed by atoms with van der Waals surface area (Å²) in [4.78, 5) is 7.99. The molecule has 0 fully saturated rings. The van der Waals surface area contributed by atoms with Gasteiger partial charge in [0.1, 0.15) is 11.9 Å². The fraction of sp³-hybridized carbons (Fsp3) is 0.158. The maximum atomic E-state index is 8.84. The van der Waals surface area contributed by atoms with Crippen molar-refractivity contribution < 1.29 is 0 Å². The van der Waals surface area contributed by atoms with E-state index in [0.29, 0.717) is 11.6 Å². The minimum absolute atomic E-state index is 0.160. The monoisotopic (exact) mass is 345 g/mol. The molecule has 5 N–H and O–H groups in total. The number of imidazole rings is 1. The number of aromatic nitrogens is 2. The molecule has 0 aliphatic rings. The number of hydrazone groups is 1. The van der Waals surface area contributed by atoms with Crippen LogP contribution in [0, 0.1) is 16.7 Å². The molecule has 0 spiro atoms. The van der Waals surface area contributed by atoms with E-state index in [-0.39, 0.29) is 11.5 Å². The fourth-order valence-corrected chi connectivity index (χ4v) is 2.49. The summed E-state index contributed by atoms with van der Waals surface area (Å²) in [6.07, 6.45) is 0. The Labute approximate surface area is 151 Å². The average molecular weight is 345 g/mol. The van der Waals surface area contributed by atoms with Crippen LogP contribution in [0.15, 0.2) is 47.6 Å². The van der Waals surface area contributed by atoms with Gasteiger partial charge in [-0.3, -0.25) is 10.8 Å². The number of hydrogen-bond acceptors (Lipinski definition) is 5. The van der Waals surface area contributed by atoms with E-state index in [1.165, 1.54) is 5.56 Å². The number of anilines is 1. The van der Waals surface area contributed by atoms with Gasteiger partial charge in [0.15, 0.2) is 5.84 Å². The highest BCUT2D eigenvalue weighted by Crippen LogP contribution is 2.24. The van der Waals surface area contributed by atoms with Gasteiger partial charge in [-0.2, -0.15) is 10.4 Å². The van der Waals surface area contributed by atoms with Gasteiger partial charge in [0.25, 0.3) is 0 Å². The van der Waals surface area contributed by atoms with Gasteiger partial charge in [-0.25, -0.2) is 4.98 Å². The highest BCUT2D eigenvalue weighted by atomic mass is 15.3. The molecule has 0 bridgehead atoms. The van der Waals surface area contributed by atoms with Crippen LogP contribution >= 0.6 is 0 Å². The third-order valence-corrected chi connectivity index (χ3v) is 3.99. The van der Waals surface area contributed by atoms with Crippen molar-refractivity contribution in [3.05, 3.63) is 48.0 Å². The number of H-pyrrole nitrogens is 1. The van der Waals surface area contributed by atoms with E-state index in [9.17, 15) is 0 Å². The van der Waals surface area contributed by atoms with Crippen LogP contribution in [0.1, 0.15) is 25.3 Å². The van der Waals surface area contributed by atoms with Gasteiger partial charge in [-0.05, 0) is 47.9 Å². The quantitative estimate of drug-likeness (QED) is 0.320. The number of nitriles is 1. The van der Waals surface area contributed by atoms with Gasteiger partial charge in [0.2, 0.25) is 5.71 Å². The lowest BCUT2D eigenvalue weighted by atomic mass is 10.0. The Morgan fingerprint density at radius 1 is 1.27 bits per heavy atom. The highest BCUT2D eigenvalue weighted by Gasteiger charge is 2.08. The standard InChI is InChI=1S/C19H19N7/c1-11(2)13-5-8-15-16(9-13)24-19(23-15)12-3-6-14(7-4-12)25-26-17(10-20)18(21)22/h3-9,11,25H,1-2H3,(H3,21,22)(H,23,24)/b26-17+. The third-order valence-electron chi connectivity index (χ3n) is 3.99. The van der Waals surface area contributed by atoms with E-state index in [1.54, 1.807) is 6.07 Å². The third kappa shape index (κ3) is 3.54. The second-order valence-electron chi connectivity index (χ2n) is 6.19. The number of amidine groups is 1. The molecule has 3 rings (SSSR count). The molecule has 7 heteroatoms. The minimum atomic E-state index is -0.375. The number of nitrogens with two attached hydrogens (primary N) is 1. The number of hydrogen-bond donors (Lipinski definition) is 4. The van der Waals surface area contributed by atoms with E-state index in [4.69, 9.17) is 16.4 Å². The van der Waals surface area contributed by atoms with Gasteiger partial charge in [0, 0.05) is 5.56 Å². The van der Waals surface area contributed by atoms with Crippen LogP contribution in [0.5, 0.6) is 0 Å². The SMILES string of the molecule is CC(C)c1ccc2nc(-c3ccc(N/N=C(\C#N)C(=N)N)cc3)[nH]c2c1. The van der Waals surface area contributed by atoms with Crippen LogP contribution in [0.2, 0.25) is 0 Å². The molecule has 0 saturated carbocycles. The van der Waals surface area contributed by atoms with Crippen LogP contribution in [-0.4, -0.2) is 21.5 Å². The second-order valence-corrected chi connectivity index (χ2v) is 6.19. The smallest absolute Gasteiger partial charge is 0.201 e. The first-order valence-electron chi connectivity index (χ1n) is 8.16. The Kier molecular flexibility index (Phi) is 4.67. The normalized spacial score (nSPS) is 11.5. The molecule has 0 aliphatic heterocycles. The summed E-state index contributed by atoms with van der Waals surface area (Å²) in [6.45, 7) is 4.33. The highest BCUT2D eigenvalue weighted by molar-refractivity contribution is 6.45. The van der Waals surface area contributed by atoms with Crippen molar-refractivity contribution in [3.63, 3.8) is 0 Å². The summed E-state index contributed by atoms with van der Waals surface area (Å²) < 4.78 is 0. The van der Waals surface area contributed by atoms with Gasteiger partial charge in [0.05, 0.1) is 16.7 Å². The molecule has 0 atom stereocenters. The van der Waals surface area contributed by atoms with Gasteiger partial charge < -0.3 is 10.7 Å². The molecule has 26 heavy (non-hydrogen) atoms. The van der Waals surface area contributed by atoms with Crippen molar-refractivity contribution in [2.75, 3.05) is 5.43 Å². The zero-order valence-electron chi connectivity index (χ0n) is 14.5. The minimum Gasteiger partial charge on any atom is -0.382 e. The van der Waals surface area contributed by atoms with E-state index in [1.807, 2.05) is 30.3 Å². The van der Waals surface area contributed by atoms with Crippen molar-refractivity contribution in [1.29, 1.82) is 10.7 Å². The summed E-state index contributed by atoms with van der Waals surface area (Å²) >= 11 is 0. The molecule has 1 heterocycles.